The molecule has 3 rings (SSSR count). The number of halogens is 3. The molecule has 2 heterocycles. The molecule has 2 aliphatic rings. The molecule has 3 amide bonds. The molecular formula is C14H13F3N2O2S. The normalized spacial score (nSPS) is 25.1. The molecular weight excluding hydrogens is 317 g/mol. The van der Waals surface area contributed by atoms with Crippen LogP contribution in [0.4, 0.5) is 18.0 Å². The van der Waals surface area contributed by atoms with E-state index in [2.05, 4.69) is 5.32 Å². The number of carbonyl (C=O) groups is 2. The molecule has 1 unspecified atom stereocenters. The van der Waals surface area contributed by atoms with E-state index < -0.39 is 29.2 Å². The van der Waals surface area contributed by atoms with Gasteiger partial charge in [-0.25, -0.2) is 4.79 Å². The summed E-state index contributed by atoms with van der Waals surface area (Å²) >= 11 is 1.55. The third kappa shape index (κ3) is 2.45. The van der Waals surface area contributed by atoms with E-state index in [0.717, 1.165) is 16.7 Å². The van der Waals surface area contributed by atoms with E-state index >= 15 is 0 Å². The van der Waals surface area contributed by atoms with Crippen LogP contribution in [0.1, 0.15) is 17.5 Å². The summed E-state index contributed by atoms with van der Waals surface area (Å²) in [5.41, 5.74) is -1.84. The summed E-state index contributed by atoms with van der Waals surface area (Å²) in [5, 5.41) is 2.64. The van der Waals surface area contributed by atoms with E-state index in [1.165, 1.54) is 18.2 Å². The second-order valence-corrected chi connectivity index (χ2v) is 6.47. The minimum atomic E-state index is -4.52. The molecule has 1 spiro atoms. The van der Waals surface area contributed by atoms with Gasteiger partial charge in [0.05, 0.1) is 12.1 Å². The van der Waals surface area contributed by atoms with Crippen molar-refractivity contribution >= 4 is 23.7 Å². The molecule has 0 aromatic heterocycles. The number of benzene rings is 1. The van der Waals surface area contributed by atoms with Gasteiger partial charge in [0.2, 0.25) is 0 Å². The van der Waals surface area contributed by atoms with Gasteiger partial charge in [-0.1, -0.05) is 18.2 Å². The molecule has 2 saturated heterocycles. The highest BCUT2D eigenvalue weighted by Gasteiger charge is 2.53. The topological polar surface area (TPSA) is 49.4 Å². The quantitative estimate of drug-likeness (QED) is 0.848. The summed E-state index contributed by atoms with van der Waals surface area (Å²) in [6.45, 7) is -0.368. The number of rotatable bonds is 2. The Kier molecular flexibility index (Phi) is 3.58. The van der Waals surface area contributed by atoms with Crippen LogP contribution in [0.5, 0.6) is 0 Å². The molecule has 1 aromatic carbocycles. The zero-order chi connectivity index (χ0) is 16.0. The van der Waals surface area contributed by atoms with Crippen molar-refractivity contribution in [2.45, 2.75) is 24.7 Å². The van der Waals surface area contributed by atoms with Gasteiger partial charge >= 0.3 is 12.2 Å². The van der Waals surface area contributed by atoms with Gasteiger partial charge in [-0.3, -0.25) is 9.69 Å². The van der Waals surface area contributed by atoms with Gasteiger partial charge in [0.15, 0.2) is 0 Å². The maximum Gasteiger partial charge on any atom is 0.416 e. The average Bonchev–Trinajstić information content (AvgIpc) is 3.00. The lowest BCUT2D eigenvalue weighted by Gasteiger charge is -2.20. The Morgan fingerprint density at radius 1 is 1.27 bits per heavy atom. The molecule has 1 atom stereocenters. The van der Waals surface area contributed by atoms with Gasteiger partial charge in [0.25, 0.3) is 5.91 Å². The summed E-state index contributed by atoms with van der Waals surface area (Å²) in [6.07, 6.45) is -4.00. The van der Waals surface area contributed by atoms with Gasteiger partial charge < -0.3 is 5.32 Å². The van der Waals surface area contributed by atoms with E-state index in [1.54, 1.807) is 11.8 Å². The molecule has 1 N–H and O–H groups in total. The number of nitrogens with zero attached hydrogens (tertiary/aromatic N) is 1. The van der Waals surface area contributed by atoms with E-state index in [4.69, 9.17) is 0 Å². The van der Waals surface area contributed by atoms with Crippen LogP contribution in [0.25, 0.3) is 0 Å². The first-order chi connectivity index (χ1) is 10.3. The molecule has 4 nitrogen and oxygen atoms in total. The minimum Gasteiger partial charge on any atom is -0.322 e. The molecule has 118 valence electrons. The maximum absolute atomic E-state index is 13.0. The van der Waals surface area contributed by atoms with Gasteiger partial charge in [0.1, 0.15) is 5.54 Å². The standard InChI is InChI=1S/C14H13F3N2O2S/c15-14(16,17)10-4-2-1-3-9(10)7-19-11(20)13(18-12(19)21)5-6-22-8-13/h1-4H,5-8H2,(H,18,21). The van der Waals surface area contributed by atoms with Gasteiger partial charge in [-0.05, 0) is 23.8 Å². The highest BCUT2D eigenvalue weighted by atomic mass is 32.2. The molecule has 22 heavy (non-hydrogen) atoms. The Balaban J connectivity index is 1.88. The maximum atomic E-state index is 13.0. The lowest BCUT2D eigenvalue weighted by Crippen LogP contribution is -2.46. The fraction of sp³-hybridized carbons (Fsp3) is 0.429. The van der Waals surface area contributed by atoms with Gasteiger partial charge in [-0.15, -0.1) is 0 Å². The van der Waals surface area contributed by atoms with Crippen molar-refractivity contribution in [1.29, 1.82) is 0 Å². The first kappa shape index (κ1) is 15.2. The summed E-state index contributed by atoms with van der Waals surface area (Å²) < 4.78 is 39.0. The molecule has 2 aliphatic heterocycles. The average molecular weight is 330 g/mol. The van der Waals surface area contributed by atoms with Crippen LogP contribution in [0.3, 0.4) is 0 Å². The SMILES string of the molecule is O=C1NC2(CCSC2)C(=O)N1Cc1ccccc1C(F)(F)F. The Morgan fingerprint density at radius 3 is 2.64 bits per heavy atom. The molecule has 2 fully saturated rings. The predicted octanol–water partition coefficient (Wildman–Crippen LogP) is 2.63. The van der Waals surface area contributed by atoms with E-state index in [9.17, 15) is 22.8 Å². The van der Waals surface area contributed by atoms with Gasteiger partial charge in [-0.2, -0.15) is 24.9 Å². The molecule has 0 radical (unpaired) electrons. The van der Waals surface area contributed by atoms with Crippen molar-refractivity contribution in [2.75, 3.05) is 11.5 Å². The smallest absolute Gasteiger partial charge is 0.322 e. The molecule has 0 saturated carbocycles. The van der Waals surface area contributed by atoms with Crippen molar-refractivity contribution in [3.63, 3.8) is 0 Å². The van der Waals surface area contributed by atoms with Gasteiger partial charge in [0, 0.05) is 5.75 Å². The first-order valence-corrected chi connectivity index (χ1v) is 7.86. The number of hydrogen-bond donors (Lipinski definition) is 1. The zero-order valence-electron chi connectivity index (χ0n) is 11.4. The summed E-state index contributed by atoms with van der Waals surface area (Å²) in [6, 6.07) is 4.37. The third-order valence-electron chi connectivity index (χ3n) is 3.92. The van der Waals surface area contributed by atoms with Crippen molar-refractivity contribution in [3.05, 3.63) is 35.4 Å². The van der Waals surface area contributed by atoms with Crippen molar-refractivity contribution in [1.82, 2.24) is 10.2 Å². The fourth-order valence-corrected chi connectivity index (χ4v) is 4.08. The second kappa shape index (κ2) is 5.19. The molecule has 1 aromatic rings. The summed E-state index contributed by atoms with van der Waals surface area (Å²) in [7, 11) is 0. The highest BCUT2D eigenvalue weighted by molar-refractivity contribution is 7.99. The van der Waals surface area contributed by atoms with Crippen molar-refractivity contribution in [3.8, 4) is 0 Å². The molecule has 0 bridgehead atoms. The highest BCUT2D eigenvalue weighted by Crippen LogP contribution is 2.36. The Bertz CT molecular complexity index is 627. The monoisotopic (exact) mass is 330 g/mol. The minimum absolute atomic E-state index is 0.0822. The van der Waals surface area contributed by atoms with Crippen LogP contribution in [0, 0.1) is 0 Å². The fourth-order valence-electron chi connectivity index (χ4n) is 2.76. The number of hydrogen-bond acceptors (Lipinski definition) is 3. The Labute approximate surface area is 129 Å². The van der Waals surface area contributed by atoms with E-state index in [1.807, 2.05) is 0 Å². The van der Waals surface area contributed by atoms with Crippen molar-refractivity contribution < 1.29 is 22.8 Å². The first-order valence-electron chi connectivity index (χ1n) is 6.70. The zero-order valence-corrected chi connectivity index (χ0v) is 12.3. The number of nitrogens with one attached hydrogen (secondary N) is 1. The molecule has 0 aliphatic carbocycles. The second-order valence-electron chi connectivity index (χ2n) is 5.36. The largest absolute Gasteiger partial charge is 0.416 e. The molecule has 8 heteroatoms. The van der Waals surface area contributed by atoms with Crippen LogP contribution < -0.4 is 5.32 Å². The number of carbonyl (C=O) groups excluding carboxylic acids is 2. The van der Waals surface area contributed by atoms with E-state index in [0.29, 0.717) is 12.2 Å². The van der Waals surface area contributed by atoms with Crippen LogP contribution >= 0.6 is 11.8 Å². The van der Waals surface area contributed by atoms with E-state index in [-0.39, 0.29) is 12.1 Å². The Morgan fingerprint density at radius 2 is 2.00 bits per heavy atom. The van der Waals surface area contributed by atoms with Crippen molar-refractivity contribution in [2.24, 2.45) is 0 Å². The Hall–Kier alpha value is -1.70. The third-order valence-corrected chi connectivity index (χ3v) is 5.11. The van der Waals surface area contributed by atoms with Crippen LogP contribution in [0.2, 0.25) is 0 Å². The number of urea groups is 1. The number of thioether (sulfide) groups is 1. The number of amides is 3. The van der Waals surface area contributed by atoms with Crippen LogP contribution in [-0.4, -0.2) is 33.9 Å². The summed E-state index contributed by atoms with van der Waals surface area (Å²) in [4.78, 5) is 25.4. The lowest BCUT2D eigenvalue weighted by atomic mass is 9.99. The lowest BCUT2D eigenvalue weighted by molar-refractivity contribution is -0.139. The predicted molar refractivity (Wildman–Crippen MR) is 75.2 cm³/mol. The van der Waals surface area contributed by atoms with Crippen LogP contribution in [0.15, 0.2) is 24.3 Å². The summed E-state index contributed by atoms with van der Waals surface area (Å²) in [5.74, 6) is 0.785. The number of alkyl halides is 3. The number of imide groups is 1. The van der Waals surface area contributed by atoms with Crippen LogP contribution in [-0.2, 0) is 17.5 Å².